The zero-order chi connectivity index (χ0) is 23.1. The fourth-order valence-corrected chi connectivity index (χ4v) is 4.96. The van der Waals surface area contributed by atoms with E-state index in [1.807, 2.05) is 36.7 Å². The van der Waals surface area contributed by atoms with Gasteiger partial charge in [-0.25, -0.2) is 0 Å². The molecule has 34 heavy (non-hydrogen) atoms. The lowest BCUT2D eigenvalue weighted by Crippen LogP contribution is -2.22. The molecular weight excluding hydrogens is 424 g/mol. The molecule has 7 rings (SSSR count). The third-order valence-corrected chi connectivity index (χ3v) is 6.46. The Hall–Kier alpha value is -4.45. The lowest BCUT2D eigenvalue weighted by Gasteiger charge is -2.14. The van der Waals surface area contributed by atoms with E-state index in [-0.39, 0.29) is 11.8 Å². The summed E-state index contributed by atoms with van der Waals surface area (Å²) in [5.41, 5.74) is 6.10. The van der Waals surface area contributed by atoms with Crippen LogP contribution in [0.3, 0.4) is 0 Å². The molecule has 6 heteroatoms. The number of aryl methyl sites for hydroxylation is 2. The van der Waals surface area contributed by atoms with E-state index in [1.165, 1.54) is 22.0 Å². The number of nitrogens with zero attached hydrogens (tertiary/aromatic N) is 2. The first-order chi connectivity index (χ1) is 16.7. The summed E-state index contributed by atoms with van der Waals surface area (Å²) in [6, 6.07) is 20.0. The highest BCUT2D eigenvalue weighted by atomic mass is 16.2. The lowest BCUT2D eigenvalue weighted by atomic mass is 9.95. The van der Waals surface area contributed by atoms with Crippen LogP contribution in [0.25, 0.3) is 33.0 Å². The first kappa shape index (κ1) is 20.2. The van der Waals surface area contributed by atoms with Crippen LogP contribution in [-0.2, 0) is 22.6 Å². The van der Waals surface area contributed by atoms with Crippen LogP contribution in [0.5, 0.6) is 0 Å². The van der Waals surface area contributed by atoms with Gasteiger partial charge in [-0.3, -0.25) is 19.9 Å². The van der Waals surface area contributed by atoms with Crippen LogP contribution < -0.4 is 5.32 Å². The van der Waals surface area contributed by atoms with Crippen molar-refractivity contribution in [1.29, 1.82) is 0 Å². The summed E-state index contributed by atoms with van der Waals surface area (Å²) in [6.45, 7) is 0.931. The second-order valence-electron chi connectivity index (χ2n) is 8.49. The molecule has 5 heterocycles. The normalized spacial score (nSPS) is 14.9. The molecule has 6 nitrogen and oxygen atoms in total. The molecule has 0 saturated carbocycles. The molecule has 0 aliphatic carbocycles. The number of carbonyl (C=O) groups is 2. The predicted octanol–water partition coefficient (Wildman–Crippen LogP) is 4.72. The summed E-state index contributed by atoms with van der Waals surface area (Å²) in [7, 11) is 0. The van der Waals surface area contributed by atoms with Crippen LogP contribution in [0.1, 0.15) is 23.1 Å². The maximum absolute atomic E-state index is 12.6. The summed E-state index contributed by atoms with van der Waals surface area (Å²) in [4.78, 5) is 32.2. The Morgan fingerprint density at radius 2 is 1.68 bits per heavy atom. The van der Waals surface area contributed by atoms with Gasteiger partial charge in [0, 0.05) is 47.8 Å². The Balaban J connectivity index is 0.000000202. The molecule has 2 aliphatic heterocycles. The third-order valence-electron chi connectivity index (χ3n) is 6.46. The first-order valence-electron chi connectivity index (χ1n) is 11.3. The zero-order valence-electron chi connectivity index (χ0n) is 18.4. The monoisotopic (exact) mass is 446 g/mol. The highest BCUT2D eigenvalue weighted by molar-refractivity contribution is 6.50. The van der Waals surface area contributed by atoms with Crippen LogP contribution in [0, 0.1) is 0 Å². The van der Waals surface area contributed by atoms with Crippen molar-refractivity contribution in [3.05, 3.63) is 102 Å². The summed E-state index contributed by atoms with van der Waals surface area (Å²) in [5, 5.41) is 4.76. The van der Waals surface area contributed by atoms with Crippen LogP contribution in [-0.4, -0.2) is 26.3 Å². The van der Waals surface area contributed by atoms with Crippen molar-refractivity contribution in [2.24, 2.45) is 0 Å². The van der Waals surface area contributed by atoms with E-state index in [0.717, 1.165) is 30.3 Å². The number of hydrogen-bond donors (Lipinski definition) is 2. The Morgan fingerprint density at radius 3 is 2.53 bits per heavy atom. The molecule has 0 bridgehead atoms. The van der Waals surface area contributed by atoms with Gasteiger partial charge in [0.25, 0.3) is 11.8 Å². The van der Waals surface area contributed by atoms with Crippen molar-refractivity contribution >= 4 is 44.8 Å². The molecule has 2 aromatic carbocycles. The number of nitrogens with one attached hydrogen (secondary N) is 2. The minimum Gasteiger partial charge on any atom is -0.361 e. The average Bonchev–Trinajstić information content (AvgIpc) is 3.57. The van der Waals surface area contributed by atoms with Gasteiger partial charge in [-0.15, -0.1) is 0 Å². The molecule has 0 atom stereocenters. The average molecular weight is 447 g/mol. The largest absolute Gasteiger partial charge is 0.361 e. The molecule has 166 valence electrons. The molecule has 2 N–H and O–H groups in total. The van der Waals surface area contributed by atoms with E-state index >= 15 is 0 Å². The lowest BCUT2D eigenvalue weighted by molar-refractivity contribution is -0.122. The van der Waals surface area contributed by atoms with Gasteiger partial charge < -0.3 is 9.55 Å². The second-order valence-corrected chi connectivity index (χ2v) is 8.49. The van der Waals surface area contributed by atoms with Gasteiger partial charge in [0.2, 0.25) is 0 Å². The van der Waals surface area contributed by atoms with E-state index in [0.29, 0.717) is 16.7 Å². The van der Waals surface area contributed by atoms with Gasteiger partial charge in [-0.2, -0.15) is 0 Å². The maximum Gasteiger partial charge on any atom is 0.259 e. The summed E-state index contributed by atoms with van der Waals surface area (Å²) in [5.74, 6) is -0.682. The minimum atomic E-state index is -0.349. The van der Waals surface area contributed by atoms with E-state index in [4.69, 9.17) is 0 Å². The van der Waals surface area contributed by atoms with Gasteiger partial charge in [0.15, 0.2) is 0 Å². The van der Waals surface area contributed by atoms with Crippen LogP contribution in [0.15, 0.2) is 85.5 Å². The number of imide groups is 1. The van der Waals surface area contributed by atoms with Crippen molar-refractivity contribution in [2.75, 3.05) is 0 Å². The number of aromatic nitrogens is 3. The molecule has 0 saturated heterocycles. The number of hydrogen-bond acceptors (Lipinski definition) is 3. The smallest absolute Gasteiger partial charge is 0.259 e. The van der Waals surface area contributed by atoms with E-state index in [2.05, 4.69) is 44.1 Å². The Labute approximate surface area is 195 Å². The Bertz CT molecular complexity index is 1560. The fraction of sp³-hybridized carbons (Fsp3) is 0.107. The zero-order valence-corrected chi connectivity index (χ0v) is 18.4. The van der Waals surface area contributed by atoms with Crippen LogP contribution in [0.4, 0.5) is 0 Å². The first-order valence-corrected chi connectivity index (χ1v) is 11.3. The minimum absolute atomic E-state index is 0.333. The van der Waals surface area contributed by atoms with Crippen molar-refractivity contribution in [1.82, 2.24) is 19.9 Å². The van der Waals surface area contributed by atoms with E-state index in [1.54, 1.807) is 24.5 Å². The number of pyridine rings is 1. The predicted molar refractivity (Wildman–Crippen MR) is 133 cm³/mol. The van der Waals surface area contributed by atoms with Gasteiger partial charge in [0.1, 0.15) is 0 Å². The molecule has 5 aromatic rings. The topological polar surface area (TPSA) is 79.8 Å². The molecule has 0 unspecified atom stereocenters. The summed E-state index contributed by atoms with van der Waals surface area (Å²) in [6.07, 6.45) is 9.35. The van der Waals surface area contributed by atoms with E-state index < -0.39 is 0 Å². The van der Waals surface area contributed by atoms with Gasteiger partial charge in [0.05, 0.1) is 16.7 Å². The van der Waals surface area contributed by atoms with Gasteiger partial charge in [-0.05, 0) is 53.6 Å². The summed E-state index contributed by atoms with van der Waals surface area (Å²) >= 11 is 0. The van der Waals surface area contributed by atoms with Crippen molar-refractivity contribution in [3.63, 3.8) is 0 Å². The summed E-state index contributed by atoms with van der Waals surface area (Å²) < 4.78 is 2.21. The number of amides is 2. The molecule has 3 aromatic heterocycles. The Kier molecular flexibility index (Phi) is 4.84. The number of para-hydroxylation sites is 2. The number of rotatable bonds is 2. The molecule has 0 fully saturated rings. The molecule has 0 radical (unpaired) electrons. The number of aromatic amines is 1. The highest BCUT2D eigenvalue weighted by Crippen LogP contribution is 2.38. The third kappa shape index (κ3) is 3.31. The number of benzene rings is 2. The highest BCUT2D eigenvalue weighted by Gasteiger charge is 2.34. The second kappa shape index (κ2) is 8.15. The number of H-pyrrole nitrogens is 1. The molecule has 0 spiro atoms. The van der Waals surface area contributed by atoms with Crippen LogP contribution in [0.2, 0.25) is 0 Å². The van der Waals surface area contributed by atoms with Crippen LogP contribution >= 0.6 is 0 Å². The molecule has 2 amide bonds. The van der Waals surface area contributed by atoms with Gasteiger partial charge >= 0.3 is 0 Å². The quantitative estimate of drug-likeness (QED) is 0.385. The van der Waals surface area contributed by atoms with Crippen molar-refractivity contribution in [3.8, 4) is 0 Å². The van der Waals surface area contributed by atoms with Crippen molar-refractivity contribution < 1.29 is 9.59 Å². The maximum atomic E-state index is 12.6. The van der Waals surface area contributed by atoms with Crippen molar-refractivity contribution in [2.45, 2.75) is 19.4 Å². The van der Waals surface area contributed by atoms with E-state index in [9.17, 15) is 9.59 Å². The standard InChI is InChI=1S/C20H15N3O2.C8H7N/c24-19-16(12-6-8-21-9-7-12)17(20(25)22-19)15-11-23-10-2-4-13-3-1-5-14(15)18(13)23;1-2-4-8-7(3-1)5-6-9-8/h1,3,5-9,11H,2,4,10H2,(H,22,24,25);1-6,9H. The number of carbonyl (C=O) groups excluding carboxylic acids is 2. The molecular formula is C28H22N4O2. The Morgan fingerprint density at radius 1 is 0.853 bits per heavy atom. The number of fused-ring (bicyclic) bond motifs is 1. The fourth-order valence-electron chi connectivity index (χ4n) is 4.96. The SMILES string of the molecule is O=C1NC(=O)C(c2cn3c4c(cccc24)CCC3)=C1c1ccncc1.c1ccc2[nH]ccc2c1. The molecule has 2 aliphatic rings. The van der Waals surface area contributed by atoms with Gasteiger partial charge in [-0.1, -0.05) is 36.4 Å².